The Kier molecular flexibility index (Phi) is 4.03. The van der Waals surface area contributed by atoms with Gasteiger partial charge in [-0.2, -0.15) is 0 Å². The van der Waals surface area contributed by atoms with Crippen LogP contribution in [0.5, 0.6) is 0 Å². The third-order valence-electron chi connectivity index (χ3n) is 6.78. The van der Waals surface area contributed by atoms with Crippen molar-refractivity contribution in [2.75, 3.05) is 0 Å². The number of hydrogen-bond donors (Lipinski definition) is 0. The third-order valence-corrected chi connectivity index (χ3v) is 6.78. The van der Waals surface area contributed by atoms with Crippen molar-refractivity contribution in [1.29, 1.82) is 0 Å². The number of carbonyl (C=O) groups is 1. The highest BCUT2D eigenvalue weighted by atomic mass is 16.1. The SMILES string of the molecule is O=C1CC(c2ccccn2)C2(c3cccnc3-c3ncccc32)C(c2ccccn2)C1. The number of nitrogens with zero attached hydrogens (tertiary/aromatic N) is 4. The first kappa shape index (κ1) is 18.1. The lowest BCUT2D eigenvalue weighted by atomic mass is 9.54. The lowest BCUT2D eigenvalue weighted by Crippen LogP contribution is -2.45. The first-order valence-corrected chi connectivity index (χ1v) is 10.5. The van der Waals surface area contributed by atoms with E-state index in [9.17, 15) is 4.79 Å². The zero-order valence-electron chi connectivity index (χ0n) is 16.8. The van der Waals surface area contributed by atoms with Crippen LogP contribution in [0.4, 0.5) is 0 Å². The second-order valence-corrected chi connectivity index (χ2v) is 8.23. The van der Waals surface area contributed by atoms with E-state index >= 15 is 0 Å². The Balaban J connectivity index is 1.73. The summed E-state index contributed by atoms with van der Waals surface area (Å²) in [7, 11) is 0. The highest BCUT2D eigenvalue weighted by Crippen LogP contribution is 2.63. The van der Waals surface area contributed by atoms with Gasteiger partial charge in [0.2, 0.25) is 0 Å². The smallest absolute Gasteiger partial charge is 0.134 e. The molecule has 0 N–H and O–H groups in total. The molecule has 150 valence electrons. The van der Waals surface area contributed by atoms with Gasteiger partial charge in [-0.05, 0) is 47.5 Å². The molecular weight excluding hydrogens is 384 g/mol. The van der Waals surface area contributed by atoms with Crippen LogP contribution in [0.2, 0.25) is 0 Å². The van der Waals surface area contributed by atoms with Gasteiger partial charge in [0, 0.05) is 66.3 Å². The standard InChI is InChI=1S/C26H20N4O/c31-17-15-20(22-9-1-3-11-27-22)26(21(16-17)23-10-2-4-12-28-23)18-7-5-13-29-24(18)25-19(26)8-6-14-30-25/h1-14,20-21H,15-16H2. The Hall–Kier alpha value is -3.73. The maximum atomic E-state index is 13.1. The second-order valence-electron chi connectivity index (χ2n) is 8.23. The number of ketones is 1. The Morgan fingerprint density at radius 3 is 1.55 bits per heavy atom. The zero-order valence-corrected chi connectivity index (χ0v) is 16.8. The number of rotatable bonds is 2. The first-order chi connectivity index (χ1) is 15.3. The maximum Gasteiger partial charge on any atom is 0.134 e. The van der Waals surface area contributed by atoms with Crippen molar-refractivity contribution >= 4 is 5.78 Å². The van der Waals surface area contributed by atoms with Crippen molar-refractivity contribution in [1.82, 2.24) is 19.9 Å². The highest BCUT2D eigenvalue weighted by molar-refractivity contribution is 5.86. The summed E-state index contributed by atoms with van der Waals surface area (Å²) in [6.07, 6.45) is 8.11. The Morgan fingerprint density at radius 1 is 0.613 bits per heavy atom. The zero-order chi connectivity index (χ0) is 20.8. The third kappa shape index (κ3) is 2.53. The fourth-order valence-electron chi connectivity index (χ4n) is 5.69. The number of fused-ring (bicyclic) bond motifs is 5. The summed E-state index contributed by atoms with van der Waals surface area (Å²) >= 11 is 0. The van der Waals surface area contributed by atoms with Crippen LogP contribution in [0, 0.1) is 0 Å². The van der Waals surface area contributed by atoms with Gasteiger partial charge >= 0.3 is 0 Å². The van der Waals surface area contributed by atoms with Gasteiger partial charge in [0.25, 0.3) is 0 Å². The lowest BCUT2D eigenvalue weighted by molar-refractivity contribution is -0.122. The Morgan fingerprint density at radius 2 is 1.10 bits per heavy atom. The van der Waals surface area contributed by atoms with Crippen molar-refractivity contribution in [3.8, 4) is 11.4 Å². The molecule has 1 spiro atoms. The van der Waals surface area contributed by atoms with Gasteiger partial charge in [-0.1, -0.05) is 24.3 Å². The number of hydrogen-bond acceptors (Lipinski definition) is 5. The van der Waals surface area contributed by atoms with Gasteiger partial charge in [0.15, 0.2) is 0 Å². The van der Waals surface area contributed by atoms with Crippen LogP contribution in [0.15, 0.2) is 85.5 Å². The first-order valence-electron chi connectivity index (χ1n) is 10.5. The van der Waals surface area contributed by atoms with Crippen molar-refractivity contribution in [3.63, 3.8) is 0 Å². The highest BCUT2D eigenvalue weighted by Gasteiger charge is 2.59. The van der Waals surface area contributed by atoms with Crippen LogP contribution in [0.25, 0.3) is 11.4 Å². The fourth-order valence-corrected chi connectivity index (χ4v) is 5.69. The summed E-state index contributed by atoms with van der Waals surface area (Å²) in [6.45, 7) is 0. The molecule has 4 heterocycles. The van der Waals surface area contributed by atoms with Gasteiger partial charge in [-0.15, -0.1) is 0 Å². The summed E-state index contributed by atoms with van der Waals surface area (Å²) in [5.41, 5.74) is 5.35. The van der Waals surface area contributed by atoms with Gasteiger partial charge in [-0.3, -0.25) is 24.7 Å². The summed E-state index contributed by atoms with van der Waals surface area (Å²) in [4.78, 5) is 32.0. The summed E-state index contributed by atoms with van der Waals surface area (Å²) in [6, 6.07) is 20.1. The largest absolute Gasteiger partial charge is 0.300 e. The van der Waals surface area contributed by atoms with E-state index in [2.05, 4.69) is 12.1 Å². The second kappa shape index (κ2) is 6.91. The number of Topliss-reactive ketones (excluding diaryl/α,β-unsaturated/α-hetero) is 1. The molecule has 6 rings (SSSR count). The van der Waals surface area contributed by atoms with E-state index in [0.29, 0.717) is 12.8 Å². The Labute approximate surface area is 180 Å². The monoisotopic (exact) mass is 404 g/mol. The average Bonchev–Trinajstić information content (AvgIpc) is 3.13. The van der Waals surface area contributed by atoms with Gasteiger partial charge in [0.1, 0.15) is 5.78 Å². The topological polar surface area (TPSA) is 68.6 Å². The van der Waals surface area contributed by atoms with E-state index in [-0.39, 0.29) is 17.6 Å². The summed E-state index contributed by atoms with van der Waals surface area (Å²) < 4.78 is 0. The molecule has 4 aromatic rings. The van der Waals surface area contributed by atoms with E-state index in [1.54, 1.807) is 12.4 Å². The Bertz CT molecular complexity index is 1170. The van der Waals surface area contributed by atoms with Crippen molar-refractivity contribution in [2.45, 2.75) is 30.1 Å². The number of aromatic nitrogens is 4. The predicted molar refractivity (Wildman–Crippen MR) is 116 cm³/mol. The van der Waals surface area contributed by atoms with E-state index in [1.165, 1.54) is 0 Å². The molecule has 2 aliphatic rings. The molecule has 0 radical (unpaired) electrons. The van der Waals surface area contributed by atoms with Crippen LogP contribution < -0.4 is 0 Å². The molecule has 0 aliphatic heterocycles. The molecule has 5 heteroatoms. The normalized spacial score (nSPS) is 21.0. The fraction of sp³-hybridized carbons (Fsp3) is 0.192. The van der Waals surface area contributed by atoms with E-state index < -0.39 is 5.41 Å². The molecule has 0 aromatic carbocycles. The van der Waals surface area contributed by atoms with Gasteiger partial charge in [-0.25, -0.2) is 0 Å². The van der Waals surface area contributed by atoms with Crippen LogP contribution in [0.3, 0.4) is 0 Å². The van der Waals surface area contributed by atoms with E-state index in [1.807, 2.05) is 60.9 Å². The minimum atomic E-state index is -0.510. The molecular formula is C26H20N4O. The van der Waals surface area contributed by atoms with Gasteiger partial charge < -0.3 is 0 Å². The quantitative estimate of drug-likeness (QED) is 0.493. The molecule has 2 unspecified atom stereocenters. The van der Waals surface area contributed by atoms with Crippen LogP contribution in [0.1, 0.15) is 47.2 Å². The van der Waals surface area contributed by atoms with E-state index in [4.69, 9.17) is 19.9 Å². The number of carbonyl (C=O) groups excluding carboxylic acids is 1. The molecule has 2 aliphatic carbocycles. The molecule has 0 bridgehead atoms. The van der Waals surface area contributed by atoms with E-state index in [0.717, 1.165) is 33.9 Å². The predicted octanol–water partition coefficient (Wildman–Crippen LogP) is 4.46. The molecule has 31 heavy (non-hydrogen) atoms. The summed E-state index contributed by atoms with van der Waals surface area (Å²) in [5, 5.41) is 0. The van der Waals surface area contributed by atoms with Crippen LogP contribution in [-0.2, 0) is 10.2 Å². The minimum Gasteiger partial charge on any atom is -0.300 e. The molecule has 4 aromatic heterocycles. The van der Waals surface area contributed by atoms with Crippen LogP contribution >= 0.6 is 0 Å². The molecule has 2 atom stereocenters. The minimum absolute atomic E-state index is 0.129. The maximum absolute atomic E-state index is 13.1. The molecule has 5 nitrogen and oxygen atoms in total. The van der Waals surface area contributed by atoms with Crippen LogP contribution in [-0.4, -0.2) is 25.7 Å². The van der Waals surface area contributed by atoms with Crippen molar-refractivity contribution in [2.24, 2.45) is 0 Å². The van der Waals surface area contributed by atoms with Gasteiger partial charge in [0.05, 0.1) is 11.4 Å². The molecule has 1 fully saturated rings. The lowest BCUT2D eigenvalue weighted by Gasteiger charge is -2.47. The summed E-state index contributed by atoms with van der Waals surface area (Å²) in [5.74, 6) is -0.0228. The molecule has 1 saturated carbocycles. The molecule has 0 amide bonds. The average molecular weight is 404 g/mol. The number of pyridine rings is 4. The van der Waals surface area contributed by atoms with Crippen molar-refractivity contribution in [3.05, 3.63) is 108 Å². The van der Waals surface area contributed by atoms with Crippen molar-refractivity contribution < 1.29 is 4.79 Å². The molecule has 0 saturated heterocycles.